The molecule has 1 aliphatic rings. The van der Waals surface area contributed by atoms with Crippen LogP contribution >= 0.6 is 0 Å². The summed E-state index contributed by atoms with van der Waals surface area (Å²) in [7, 11) is 0. The van der Waals surface area contributed by atoms with Gasteiger partial charge in [0.05, 0.1) is 6.10 Å². The molecule has 0 bridgehead atoms. The number of rotatable bonds is 3. The Balaban J connectivity index is 2.31. The average molecular weight is 198 g/mol. The van der Waals surface area contributed by atoms with Crippen LogP contribution in [0.4, 0.5) is 10.2 Å². The highest BCUT2D eigenvalue weighted by atomic mass is 19.1. The molecule has 1 aromatic heterocycles. The van der Waals surface area contributed by atoms with Crippen molar-refractivity contribution in [3.05, 3.63) is 28.2 Å². The highest BCUT2D eigenvalue weighted by Gasteiger charge is 2.28. The molecule has 0 aromatic carbocycles. The normalized spacial score (nSPS) is 15.2. The van der Waals surface area contributed by atoms with Gasteiger partial charge in [-0.1, -0.05) is 0 Å². The van der Waals surface area contributed by atoms with E-state index in [-0.39, 0.29) is 11.9 Å². The van der Waals surface area contributed by atoms with E-state index in [2.05, 4.69) is 4.98 Å². The molecule has 14 heavy (non-hydrogen) atoms. The zero-order chi connectivity index (χ0) is 10.1. The molecule has 0 unspecified atom stereocenters. The van der Waals surface area contributed by atoms with Crippen molar-refractivity contribution in [2.24, 2.45) is 0 Å². The van der Waals surface area contributed by atoms with Gasteiger partial charge in [0.1, 0.15) is 0 Å². The number of pyridine rings is 1. The predicted molar refractivity (Wildman–Crippen MR) is 44.5 cm³/mol. The van der Waals surface area contributed by atoms with Crippen molar-refractivity contribution in [2.75, 3.05) is 0 Å². The van der Waals surface area contributed by atoms with Crippen LogP contribution in [0.3, 0.4) is 0 Å². The van der Waals surface area contributed by atoms with Gasteiger partial charge in [-0.05, 0) is 28.8 Å². The first-order valence-electron chi connectivity index (χ1n) is 4.14. The Bertz CT molecular complexity index is 379. The van der Waals surface area contributed by atoms with Gasteiger partial charge >= 0.3 is 11.8 Å². The molecule has 5 nitrogen and oxygen atoms in total. The smallest absolute Gasteiger partial charge is 0.409 e. The Hall–Kier alpha value is -1.72. The van der Waals surface area contributed by atoms with Crippen LogP contribution in [0.25, 0.3) is 0 Å². The van der Waals surface area contributed by atoms with Crippen molar-refractivity contribution in [2.45, 2.75) is 18.9 Å². The topological polar surface area (TPSA) is 65.3 Å². The molecule has 0 radical (unpaired) electrons. The van der Waals surface area contributed by atoms with E-state index in [1.165, 1.54) is 6.07 Å². The third-order valence-corrected chi connectivity index (χ3v) is 1.80. The summed E-state index contributed by atoms with van der Waals surface area (Å²) in [6, 6.07) is 2.28. The summed E-state index contributed by atoms with van der Waals surface area (Å²) in [4.78, 5) is 12.9. The minimum Gasteiger partial charge on any atom is -0.482 e. The fourth-order valence-corrected chi connectivity index (χ4v) is 1.00. The SMILES string of the molecule is O=[N+]([O-])c1nc(F)ccc1OC1CC1. The van der Waals surface area contributed by atoms with E-state index in [1.54, 1.807) is 0 Å². The number of aromatic nitrogens is 1. The lowest BCUT2D eigenvalue weighted by Gasteiger charge is -2.03. The molecule has 6 heteroatoms. The van der Waals surface area contributed by atoms with E-state index in [9.17, 15) is 14.5 Å². The molecule has 0 atom stereocenters. The lowest BCUT2D eigenvalue weighted by Crippen LogP contribution is -2.02. The second-order valence-corrected chi connectivity index (χ2v) is 3.03. The van der Waals surface area contributed by atoms with Gasteiger partial charge in [-0.15, -0.1) is 0 Å². The molecule has 1 aromatic rings. The summed E-state index contributed by atoms with van der Waals surface area (Å²) in [6.07, 6.45) is 1.80. The summed E-state index contributed by atoms with van der Waals surface area (Å²) in [6.45, 7) is 0. The quantitative estimate of drug-likeness (QED) is 0.421. The molecular formula is C8H7FN2O3. The van der Waals surface area contributed by atoms with Crippen LogP contribution in [0.1, 0.15) is 12.8 Å². The first kappa shape index (κ1) is 8.86. The lowest BCUT2D eigenvalue weighted by molar-refractivity contribution is -0.391. The van der Waals surface area contributed by atoms with Crippen LogP contribution in [0.5, 0.6) is 5.75 Å². The largest absolute Gasteiger partial charge is 0.482 e. The van der Waals surface area contributed by atoms with Crippen LogP contribution in [0.15, 0.2) is 12.1 Å². The van der Waals surface area contributed by atoms with Crippen LogP contribution in [-0.4, -0.2) is 16.0 Å². The molecule has 1 saturated carbocycles. The lowest BCUT2D eigenvalue weighted by atomic mass is 10.4. The standard InChI is InChI=1S/C8H7FN2O3/c9-7-4-3-6(14-5-1-2-5)8(10-7)11(12)13/h3-5H,1-2H2. The second-order valence-electron chi connectivity index (χ2n) is 3.03. The van der Waals surface area contributed by atoms with Crippen molar-refractivity contribution in [3.63, 3.8) is 0 Å². The number of hydrogen-bond acceptors (Lipinski definition) is 4. The molecule has 0 aliphatic heterocycles. The van der Waals surface area contributed by atoms with Gasteiger partial charge < -0.3 is 14.9 Å². The summed E-state index contributed by atoms with van der Waals surface area (Å²) < 4.78 is 17.8. The first-order chi connectivity index (χ1) is 6.66. The van der Waals surface area contributed by atoms with Gasteiger partial charge in [-0.25, -0.2) is 0 Å². The van der Waals surface area contributed by atoms with E-state index < -0.39 is 16.7 Å². The maximum Gasteiger partial charge on any atom is 0.409 e. The fourth-order valence-electron chi connectivity index (χ4n) is 1.00. The van der Waals surface area contributed by atoms with Gasteiger partial charge in [0.2, 0.25) is 5.75 Å². The average Bonchev–Trinajstić information content (AvgIpc) is 2.91. The zero-order valence-electron chi connectivity index (χ0n) is 7.14. The number of nitrogens with zero attached hydrogens (tertiary/aromatic N) is 2. The van der Waals surface area contributed by atoms with Crippen molar-refractivity contribution in [3.8, 4) is 5.75 Å². The van der Waals surface area contributed by atoms with Gasteiger partial charge in [-0.3, -0.25) is 0 Å². The predicted octanol–water partition coefficient (Wildman–Crippen LogP) is 1.67. The fraction of sp³-hybridized carbons (Fsp3) is 0.375. The molecule has 74 valence electrons. The van der Waals surface area contributed by atoms with Crippen molar-refractivity contribution >= 4 is 5.82 Å². The zero-order valence-corrected chi connectivity index (χ0v) is 7.14. The molecular weight excluding hydrogens is 191 g/mol. The second kappa shape index (κ2) is 3.21. The van der Waals surface area contributed by atoms with Crippen molar-refractivity contribution in [1.29, 1.82) is 0 Å². The maximum absolute atomic E-state index is 12.6. The van der Waals surface area contributed by atoms with Crippen LogP contribution in [0.2, 0.25) is 0 Å². The molecule has 0 amide bonds. The summed E-state index contributed by atoms with van der Waals surface area (Å²) >= 11 is 0. The molecule has 1 fully saturated rings. The van der Waals surface area contributed by atoms with E-state index in [4.69, 9.17) is 4.74 Å². The van der Waals surface area contributed by atoms with Gasteiger partial charge in [0.15, 0.2) is 0 Å². The molecule has 0 spiro atoms. The van der Waals surface area contributed by atoms with Gasteiger partial charge in [-0.2, -0.15) is 4.39 Å². The van der Waals surface area contributed by atoms with Crippen molar-refractivity contribution in [1.82, 2.24) is 4.98 Å². The number of hydrogen-bond donors (Lipinski definition) is 0. The Kier molecular flexibility index (Phi) is 2.03. The molecule has 1 aliphatic carbocycles. The third kappa shape index (κ3) is 1.78. The highest BCUT2D eigenvalue weighted by Crippen LogP contribution is 2.31. The Morgan fingerprint density at radius 3 is 2.86 bits per heavy atom. The summed E-state index contributed by atoms with van der Waals surface area (Å²) in [5.41, 5.74) is 0. The summed E-state index contributed by atoms with van der Waals surface area (Å²) in [5.74, 6) is -1.39. The molecule has 2 rings (SSSR count). The van der Waals surface area contributed by atoms with Gasteiger partial charge in [0, 0.05) is 6.07 Å². The Morgan fingerprint density at radius 2 is 2.29 bits per heavy atom. The summed E-state index contributed by atoms with van der Waals surface area (Å²) in [5, 5.41) is 10.5. The number of ether oxygens (including phenoxy) is 1. The Morgan fingerprint density at radius 1 is 1.57 bits per heavy atom. The van der Waals surface area contributed by atoms with E-state index in [0.717, 1.165) is 18.9 Å². The third-order valence-electron chi connectivity index (χ3n) is 1.80. The van der Waals surface area contributed by atoms with Crippen LogP contribution in [-0.2, 0) is 0 Å². The highest BCUT2D eigenvalue weighted by molar-refractivity contribution is 5.39. The monoisotopic (exact) mass is 198 g/mol. The van der Waals surface area contributed by atoms with E-state index >= 15 is 0 Å². The first-order valence-corrected chi connectivity index (χ1v) is 4.14. The molecule has 0 saturated heterocycles. The van der Waals surface area contributed by atoms with Gasteiger partial charge in [0.25, 0.3) is 0 Å². The number of nitro groups is 1. The van der Waals surface area contributed by atoms with Crippen LogP contribution < -0.4 is 4.74 Å². The van der Waals surface area contributed by atoms with E-state index in [1.807, 2.05) is 0 Å². The molecule has 1 heterocycles. The Labute approximate surface area is 78.7 Å². The minimum atomic E-state index is -0.875. The van der Waals surface area contributed by atoms with E-state index in [0.29, 0.717) is 0 Å². The maximum atomic E-state index is 12.6. The van der Waals surface area contributed by atoms with Crippen LogP contribution in [0, 0.1) is 16.1 Å². The number of halogens is 1. The molecule has 0 N–H and O–H groups in total. The minimum absolute atomic E-state index is 0.0287. The van der Waals surface area contributed by atoms with Crippen molar-refractivity contribution < 1.29 is 14.1 Å².